The van der Waals surface area contributed by atoms with Crippen LogP contribution in [0.3, 0.4) is 0 Å². The molecule has 0 aromatic carbocycles. The number of nitrogens with zero attached hydrogens (tertiary/aromatic N) is 1. The molecular weight excluding hydrogens is 381 g/mol. The zero-order chi connectivity index (χ0) is 19.0. The van der Waals surface area contributed by atoms with Gasteiger partial charge in [-0.3, -0.25) is 18.7 Å². The van der Waals surface area contributed by atoms with E-state index < -0.39 is 51.5 Å². The third-order valence-electron chi connectivity index (χ3n) is 3.40. The van der Waals surface area contributed by atoms with Gasteiger partial charge in [-0.2, -0.15) is 0 Å². The molecule has 1 aliphatic rings. The molecule has 0 saturated carbocycles. The molecule has 5 N–H and O–H groups in total. The van der Waals surface area contributed by atoms with Crippen LogP contribution in [0.1, 0.15) is 18.2 Å². The van der Waals surface area contributed by atoms with Crippen molar-refractivity contribution in [2.75, 3.05) is 6.61 Å². The molecule has 25 heavy (non-hydrogen) atoms. The largest absolute Gasteiger partial charge is 0.473 e. The maximum Gasteiger partial charge on any atom is 0.473 e. The van der Waals surface area contributed by atoms with Gasteiger partial charge in [-0.15, -0.1) is 0 Å². The minimum absolute atomic E-state index is 0.0132. The quantitative estimate of drug-likeness (QED) is 0.263. The lowest BCUT2D eigenvalue weighted by atomic mass is 10.2. The topological polar surface area (TPSA) is 181 Å². The number of aliphatic hydroxyl groups is 1. The molecule has 0 spiro atoms. The molecule has 1 aromatic heterocycles. The molecule has 0 amide bonds. The van der Waals surface area contributed by atoms with Crippen molar-refractivity contribution in [1.29, 1.82) is 0 Å². The summed E-state index contributed by atoms with van der Waals surface area (Å²) in [4.78, 5) is 52.5. The molecule has 1 fully saturated rings. The monoisotopic (exact) mass is 399 g/mol. The summed E-state index contributed by atoms with van der Waals surface area (Å²) in [5.74, 6) is 0. The maximum absolute atomic E-state index is 11.8. The Labute approximate surface area is 141 Å². The third kappa shape index (κ3) is 5.55. The third-order valence-corrected chi connectivity index (χ3v) is 6.09. The summed E-state index contributed by atoms with van der Waals surface area (Å²) in [6.07, 6.45) is -1.62. The van der Waals surface area contributed by atoms with Gasteiger partial charge in [0.15, 0.2) is 0 Å². The number of H-pyrrole nitrogens is 1. The second kappa shape index (κ2) is 7.39. The highest BCUT2D eigenvalue weighted by Gasteiger charge is 2.36. The second-order valence-electron chi connectivity index (χ2n) is 5.58. The molecule has 2 heterocycles. The van der Waals surface area contributed by atoms with Crippen LogP contribution >= 0.6 is 15.3 Å². The normalized spacial score (nSPS) is 26.5. The van der Waals surface area contributed by atoms with E-state index in [4.69, 9.17) is 19.0 Å². The van der Waals surface area contributed by atoms with Gasteiger partial charge >= 0.3 is 13.5 Å². The molecular formula is C10H18BN2O10P2-. The molecule has 1 aromatic rings. The second-order valence-corrected chi connectivity index (χ2v) is 9.08. The smallest absolute Gasteiger partial charge is 0.390 e. The molecule has 15 heteroatoms. The van der Waals surface area contributed by atoms with Crippen LogP contribution in [0.5, 0.6) is 0 Å². The minimum atomic E-state index is -4.95. The van der Waals surface area contributed by atoms with E-state index in [1.54, 1.807) is 0 Å². The summed E-state index contributed by atoms with van der Waals surface area (Å²) < 4.78 is 26.4. The van der Waals surface area contributed by atoms with E-state index in [9.17, 15) is 24.2 Å². The van der Waals surface area contributed by atoms with Gasteiger partial charge in [-0.05, 0) is 6.92 Å². The summed E-state index contributed by atoms with van der Waals surface area (Å²) in [5, 5.41) is 10.0. The lowest BCUT2D eigenvalue weighted by Crippen LogP contribution is -2.33. The highest BCUT2D eigenvalue weighted by Crippen LogP contribution is 2.57. The number of aliphatic hydroxyl groups excluding tert-OH is 1. The number of hydrogen-bond acceptors (Lipinski definition) is 8. The van der Waals surface area contributed by atoms with Crippen molar-refractivity contribution in [3.05, 3.63) is 32.6 Å². The summed E-state index contributed by atoms with van der Waals surface area (Å²) in [5.41, 5.74) is -0.963. The summed E-state index contributed by atoms with van der Waals surface area (Å²) in [6, 6.07) is 0. The SMILES string of the molecule is [BH2-]=P(O)(OCC1OC(n2cc(C)c(=O)[nH]c2=O)CC1O)OP(=O)(O)O. The molecule has 0 aliphatic carbocycles. The predicted molar refractivity (Wildman–Crippen MR) is 87.4 cm³/mol. The van der Waals surface area contributed by atoms with Crippen molar-refractivity contribution in [3.63, 3.8) is 0 Å². The van der Waals surface area contributed by atoms with E-state index in [1.165, 1.54) is 13.1 Å². The Kier molecular flexibility index (Phi) is 6.05. The van der Waals surface area contributed by atoms with Crippen molar-refractivity contribution < 1.29 is 37.9 Å². The number of aromatic amines is 1. The van der Waals surface area contributed by atoms with Crippen molar-refractivity contribution >= 4 is 22.4 Å². The van der Waals surface area contributed by atoms with Gasteiger partial charge in [0.1, 0.15) is 12.3 Å². The zero-order valence-electron chi connectivity index (χ0n) is 13.3. The Hall–Kier alpha value is -0.875. The van der Waals surface area contributed by atoms with E-state index in [0.717, 1.165) is 11.8 Å². The highest BCUT2D eigenvalue weighted by atomic mass is 31.3. The van der Waals surface area contributed by atoms with Crippen LogP contribution in [0.25, 0.3) is 0 Å². The number of nitrogens with one attached hydrogen (secondary N) is 1. The van der Waals surface area contributed by atoms with Gasteiger partial charge < -0.3 is 29.0 Å². The fourth-order valence-electron chi connectivity index (χ4n) is 2.27. The minimum Gasteiger partial charge on any atom is -0.390 e. The van der Waals surface area contributed by atoms with Crippen LogP contribution in [0.4, 0.5) is 0 Å². The Morgan fingerprint density at radius 2 is 2.08 bits per heavy atom. The van der Waals surface area contributed by atoms with Gasteiger partial charge in [0.05, 0.1) is 12.7 Å². The zero-order valence-corrected chi connectivity index (χ0v) is 15.1. The first-order chi connectivity index (χ1) is 11.4. The molecule has 0 radical (unpaired) electrons. The Bertz CT molecular complexity index is 847. The predicted octanol–water partition coefficient (Wildman–Crippen LogP) is -2.08. The summed E-state index contributed by atoms with van der Waals surface area (Å²) in [6.45, 7) is 1.08. The van der Waals surface area contributed by atoms with Gasteiger partial charge in [0.2, 0.25) is 0 Å². The summed E-state index contributed by atoms with van der Waals surface area (Å²) in [7, 11) is -7.80. The standard InChI is InChI=1S/C10H18BN2O10P2/c1-5-3-13(10(16)12-9(5)15)8-2-6(14)7(22-8)4-21-24(11,17)23-25(18,19)20/h3,6-8,14,17H,2,4,11H2,1H3,(H,12,15,16)(H2,18,19,20)/q-1. The van der Waals surface area contributed by atoms with Gasteiger partial charge in [0, 0.05) is 25.6 Å². The average Bonchev–Trinajstić information content (AvgIpc) is 2.79. The molecule has 1 saturated heterocycles. The molecule has 142 valence electrons. The molecule has 4 atom stereocenters. The van der Waals surface area contributed by atoms with Crippen LogP contribution in [-0.4, -0.2) is 55.3 Å². The highest BCUT2D eigenvalue weighted by molar-refractivity contribution is 7.71. The average molecular weight is 399 g/mol. The lowest BCUT2D eigenvalue weighted by molar-refractivity contribution is -0.0428. The Morgan fingerprint density at radius 3 is 2.68 bits per heavy atom. The van der Waals surface area contributed by atoms with E-state index in [-0.39, 0.29) is 12.0 Å². The van der Waals surface area contributed by atoms with Crippen LogP contribution in [0.15, 0.2) is 15.8 Å². The first-order valence-corrected chi connectivity index (χ1v) is 10.6. The van der Waals surface area contributed by atoms with Crippen molar-refractivity contribution in [3.8, 4) is 0 Å². The van der Waals surface area contributed by atoms with Crippen molar-refractivity contribution in [2.45, 2.75) is 31.8 Å². The fourth-order valence-corrected chi connectivity index (χ4v) is 4.46. The van der Waals surface area contributed by atoms with Crippen molar-refractivity contribution in [1.82, 2.24) is 9.55 Å². The maximum atomic E-state index is 11.8. The first kappa shape index (κ1) is 20.4. The van der Waals surface area contributed by atoms with E-state index in [0.29, 0.717) is 0 Å². The number of hydrogen-bond donors (Lipinski definition) is 5. The van der Waals surface area contributed by atoms with Gasteiger partial charge in [-0.1, -0.05) is 7.18 Å². The van der Waals surface area contributed by atoms with Gasteiger partial charge in [0.25, 0.3) is 5.56 Å². The molecule has 0 bridgehead atoms. The number of aromatic nitrogens is 2. The Morgan fingerprint density at radius 1 is 1.44 bits per heavy atom. The van der Waals surface area contributed by atoms with E-state index in [1.807, 2.05) is 0 Å². The number of aryl methyl sites for hydroxylation is 1. The molecule has 4 unspecified atom stereocenters. The number of ether oxygens (including phenoxy) is 1. The Balaban J connectivity index is 2.06. The van der Waals surface area contributed by atoms with Gasteiger partial charge in [-0.25, -0.2) is 9.36 Å². The summed E-state index contributed by atoms with van der Waals surface area (Å²) >= 11 is 0. The fraction of sp³-hybridized carbons (Fsp3) is 0.600. The lowest BCUT2D eigenvalue weighted by Gasteiger charge is -2.27. The van der Waals surface area contributed by atoms with Crippen LogP contribution < -0.4 is 11.2 Å². The number of rotatable bonds is 6. The van der Waals surface area contributed by atoms with Crippen molar-refractivity contribution in [2.24, 2.45) is 0 Å². The number of phosphoric acid groups is 1. The van der Waals surface area contributed by atoms with Crippen LogP contribution in [-0.2, 0) is 18.1 Å². The molecule has 1 aliphatic heterocycles. The van der Waals surface area contributed by atoms with E-state index >= 15 is 0 Å². The molecule has 2 rings (SSSR count). The van der Waals surface area contributed by atoms with Crippen LogP contribution in [0, 0.1) is 6.92 Å². The first-order valence-electron chi connectivity index (χ1n) is 7.04. The van der Waals surface area contributed by atoms with Crippen LogP contribution in [0.2, 0.25) is 0 Å². The molecule has 12 nitrogen and oxygen atoms in total. The van der Waals surface area contributed by atoms with E-state index in [2.05, 4.69) is 9.29 Å².